The molecule has 4 nitrogen and oxygen atoms in total. The highest BCUT2D eigenvalue weighted by Crippen LogP contribution is 2.47. The molecule has 0 radical (unpaired) electrons. The molecule has 0 aromatic carbocycles. The number of nitrogens with zero attached hydrogens (tertiary/aromatic N) is 1. The minimum absolute atomic E-state index is 0.117. The summed E-state index contributed by atoms with van der Waals surface area (Å²) in [7, 11) is 2.12. The highest BCUT2D eigenvalue weighted by Gasteiger charge is 2.58. The average Bonchev–Trinajstić information content (AvgIpc) is 2.43. The number of nitrogens with two attached hydrogens (primary N) is 1. The third-order valence-electron chi connectivity index (χ3n) is 4.21. The lowest BCUT2D eigenvalue weighted by Crippen LogP contribution is -2.62. The van der Waals surface area contributed by atoms with E-state index >= 15 is 0 Å². The molecule has 0 bridgehead atoms. The summed E-state index contributed by atoms with van der Waals surface area (Å²) in [5.74, 6) is 0. The number of likely N-dealkylation sites (N-methyl/N-ethyl adjacent to an activating group) is 1. The van der Waals surface area contributed by atoms with Gasteiger partial charge in [-0.2, -0.15) is 0 Å². The fourth-order valence-electron chi connectivity index (χ4n) is 3.37. The van der Waals surface area contributed by atoms with Crippen molar-refractivity contribution in [2.45, 2.75) is 57.8 Å². The van der Waals surface area contributed by atoms with Crippen LogP contribution >= 0.6 is 0 Å². The number of hydrogen-bond donors (Lipinski definition) is 1. The number of hydrogen-bond acceptors (Lipinski definition) is 4. The normalized spacial score (nSPS) is 30.0. The van der Waals surface area contributed by atoms with Crippen LogP contribution in [0.5, 0.6) is 0 Å². The molecule has 4 heteroatoms. The van der Waals surface area contributed by atoms with Gasteiger partial charge in [-0.25, -0.2) is 0 Å². The van der Waals surface area contributed by atoms with Gasteiger partial charge in [0.1, 0.15) is 0 Å². The maximum atomic E-state index is 6.21. The fraction of sp³-hybridized carbons (Fsp3) is 1.00. The van der Waals surface area contributed by atoms with E-state index in [1.165, 1.54) is 0 Å². The van der Waals surface area contributed by atoms with Crippen molar-refractivity contribution in [3.05, 3.63) is 0 Å². The Hall–Kier alpha value is -0.160. The zero-order valence-corrected chi connectivity index (χ0v) is 12.9. The zero-order chi connectivity index (χ0) is 14.0. The summed E-state index contributed by atoms with van der Waals surface area (Å²) in [5.41, 5.74) is 5.62. The predicted molar refractivity (Wildman–Crippen MR) is 74.8 cm³/mol. The van der Waals surface area contributed by atoms with E-state index < -0.39 is 0 Å². The molecule has 1 rings (SSSR count). The molecule has 0 saturated carbocycles. The maximum Gasteiger partial charge on any atom is 0.0829 e. The van der Waals surface area contributed by atoms with Crippen LogP contribution in [-0.4, -0.2) is 55.0 Å². The van der Waals surface area contributed by atoms with Gasteiger partial charge in [0.25, 0.3) is 0 Å². The summed E-state index contributed by atoms with van der Waals surface area (Å²) in [6.45, 7) is 13.6. The largest absolute Gasteiger partial charge is 0.380 e. The number of rotatable bonds is 6. The van der Waals surface area contributed by atoms with Gasteiger partial charge in [-0.1, -0.05) is 0 Å². The van der Waals surface area contributed by atoms with Crippen molar-refractivity contribution in [2.24, 2.45) is 5.73 Å². The highest BCUT2D eigenvalue weighted by atomic mass is 16.5. The molecule has 0 aliphatic carbocycles. The Balaban J connectivity index is 2.84. The third-order valence-corrected chi connectivity index (χ3v) is 4.21. The first-order valence-electron chi connectivity index (χ1n) is 6.90. The van der Waals surface area contributed by atoms with E-state index in [-0.39, 0.29) is 16.7 Å². The second-order valence-corrected chi connectivity index (χ2v) is 6.40. The minimum atomic E-state index is -0.244. The van der Waals surface area contributed by atoms with Gasteiger partial charge in [0.05, 0.1) is 23.3 Å². The van der Waals surface area contributed by atoms with E-state index in [0.29, 0.717) is 6.54 Å². The van der Waals surface area contributed by atoms with Crippen LogP contribution in [0, 0.1) is 0 Å². The lowest BCUT2D eigenvalue weighted by molar-refractivity contribution is -0.102. The Morgan fingerprint density at radius 1 is 1.28 bits per heavy atom. The van der Waals surface area contributed by atoms with E-state index in [2.05, 4.69) is 39.6 Å². The first-order chi connectivity index (χ1) is 8.21. The summed E-state index contributed by atoms with van der Waals surface area (Å²) in [4.78, 5) is 2.32. The first-order valence-corrected chi connectivity index (χ1v) is 6.90. The molecule has 1 saturated heterocycles. The van der Waals surface area contributed by atoms with Crippen molar-refractivity contribution in [1.82, 2.24) is 4.90 Å². The Kier molecular flexibility index (Phi) is 4.81. The van der Waals surface area contributed by atoms with Crippen LogP contribution in [0.4, 0.5) is 0 Å². The monoisotopic (exact) mass is 258 g/mol. The molecular formula is C14H30N2O2. The Labute approximate surface area is 112 Å². The van der Waals surface area contributed by atoms with Crippen LogP contribution in [0.3, 0.4) is 0 Å². The van der Waals surface area contributed by atoms with Crippen molar-refractivity contribution >= 4 is 0 Å². The molecule has 18 heavy (non-hydrogen) atoms. The first kappa shape index (κ1) is 15.9. The second kappa shape index (κ2) is 5.45. The molecule has 108 valence electrons. The minimum Gasteiger partial charge on any atom is -0.380 e. The van der Waals surface area contributed by atoms with Crippen LogP contribution < -0.4 is 5.73 Å². The van der Waals surface area contributed by atoms with Gasteiger partial charge in [-0.3, -0.25) is 4.90 Å². The molecule has 1 unspecified atom stereocenters. The Morgan fingerprint density at radius 2 is 1.89 bits per heavy atom. The standard InChI is InChI=1S/C14H30N2O2/c1-7-17-9-8-16(6)14(11-15)10-12(2,3)18-13(14,4)5/h7-11,15H2,1-6H3. The molecule has 1 aliphatic heterocycles. The van der Waals surface area contributed by atoms with E-state index in [1.807, 2.05) is 6.92 Å². The summed E-state index contributed by atoms with van der Waals surface area (Å²) < 4.78 is 11.7. The molecule has 2 N–H and O–H groups in total. The summed E-state index contributed by atoms with van der Waals surface area (Å²) >= 11 is 0. The molecular weight excluding hydrogens is 228 g/mol. The molecule has 0 spiro atoms. The maximum absolute atomic E-state index is 6.21. The average molecular weight is 258 g/mol. The van der Waals surface area contributed by atoms with Crippen molar-refractivity contribution in [3.8, 4) is 0 Å². The molecule has 0 aromatic rings. The van der Waals surface area contributed by atoms with Gasteiger partial charge < -0.3 is 15.2 Å². The second-order valence-electron chi connectivity index (χ2n) is 6.40. The van der Waals surface area contributed by atoms with Crippen LogP contribution in [0.1, 0.15) is 41.0 Å². The molecule has 0 aromatic heterocycles. The van der Waals surface area contributed by atoms with Gasteiger partial charge >= 0.3 is 0 Å². The van der Waals surface area contributed by atoms with Gasteiger partial charge in [-0.15, -0.1) is 0 Å². The van der Waals surface area contributed by atoms with Crippen molar-refractivity contribution in [3.63, 3.8) is 0 Å². The summed E-state index contributed by atoms with van der Waals surface area (Å²) in [6, 6.07) is 0. The summed E-state index contributed by atoms with van der Waals surface area (Å²) in [6.07, 6.45) is 0.951. The van der Waals surface area contributed by atoms with E-state index in [1.54, 1.807) is 0 Å². The summed E-state index contributed by atoms with van der Waals surface area (Å²) in [5, 5.41) is 0. The third kappa shape index (κ3) is 2.87. The number of ether oxygens (including phenoxy) is 2. The molecule has 0 amide bonds. The van der Waals surface area contributed by atoms with Crippen molar-refractivity contribution in [2.75, 3.05) is 33.4 Å². The SMILES string of the molecule is CCOCCN(C)C1(CN)CC(C)(C)OC1(C)C. The van der Waals surface area contributed by atoms with E-state index in [4.69, 9.17) is 15.2 Å². The van der Waals surface area contributed by atoms with Crippen LogP contribution in [0.2, 0.25) is 0 Å². The lowest BCUT2D eigenvalue weighted by Gasteiger charge is -2.46. The highest BCUT2D eigenvalue weighted by molar-refractivity contribution is 5.12. The predicted octanol–water partition coefficient (Wildman–Crippen LogP) is 1.63. The Bertz CT molecular complexity index is 279. The van der Waals surface area contributed by atoms with Gasteiger partial charge in [-0.05, 0) is 48.1 Å². The van der Waals surface area contributed by atoms with Crippen LogP contribution in [0.15, 0.2) is 0 Å². The smallest absolute Gasteiger partial charge is 0.0829 e. The molecule has 1 fully saturated rings. The Morgan fingerprint density at radius 3 is 2.28 bits per heavy atom. The van der Waals surface area contributed by atoms with Crippen molar-refractivity contribution < 1.29 is 9.47 Å². The van der Waals surface area contributed by atoms with Crippen molar-refractivity contribution in [1.29, 1.82) is 0 Å². The van der Waals surface area contributed by atoms with Gasteiger partial charge in [0.15, 0.2) is 0 Å². The molecule has 1 atom stereocenters. The van der Waals surface area contributed by atoms with E-state index in [9.17, 15) is 0 Å². The zero-order valence-electron chi connectivity index (χ0n) is 12.9. The topological polar surface area (TPSA) is 47.7 Å². The lowest BCUT2D eigenvalue weighted by atomic mass is 9.77. The fourth-order valence-corrected chi connectivity index (χ4v) is 3.37. The van der Waals surface area contributed by atoms with Gasteiger partial charge in [0, 0.05) is 19.7 Å². The van der Waals surface area contributed by atoms with Crippen LogP contribution in [0.25, 0.3) is 0 Å². The molecule has 1 aliphatic rings. The quantitative estimate of drug-likeness (QED) is 0.736. The molecule has 1 heterocycles. The van der Waals surface area contributed by atoms with E-state index in [0.717, 1.165) is 26.2 Å². The van der Waals surface area contributed by atoms with Gasteiger partial charge in [0.2, 0.25) is 0 Å². The van der Waals surface area contributed by atoms with Crippen LogP contribution in [-0.2, 0) is 9.47 Å².